The van der Waals surface area contributed by atoms with Gasteiger partial charge in [-0.05, 0) is 56.6 Å². The van der Waals surface area contributed by atoms with Crippen molar-refractivity contribution in [3.8, 4) is 16.9 Å². The molecule has 2 heterocycles. The van der Waals surface area contributed by atoms with E-state index in [2.05, 4.69) is 4.72 Å². The molecule has 12 heteroatoms. The van der Waals surface area contributed by atoms with Gasteiger partial charge in [0.2, 0.25) is 15.9 Å². The number of amides is 1. The summed E-state index contributed by atoms with van der Waals surface area (Å²) in [6.07, 6.45) is 0.238. The molecule has 2 aliphatic heterocycles. The molecule has 1 amide bonds. The number of nitrogens with one attached hydrogen (secondary N) is 1. The number of carbonyl (C=O) groups excluding carboxylic acids is 1. The minimum atomic E-state index is -4.08. The quantitative estimate of drug-likeness (QED) is 0.584. The zero-order valence-corrected chi connectivity index (χ0v) is 23.0. The molecule has 1 saturated heterocycles. The minimum Gasteiger partial charge on any atom is -0.492 e. The second-order valence-corrected chi connectivity index (χ2v) is 12.0. The third kappa shape index (κ3) is 7.12. The van der Waals surface area contributed by atoms with Crippen LogP contribution >= 0.6 is 0 Å². The predicted octanol–water partition coefficient (Wildman–Crippen LogP) is 2.24. The zero-order valence-electron chi connectivity index (χ0n) is 22.2. The predicted molar refractivity (Wildman–Crippen MR) is 141 cm³/mol. The van der Waals surface area contributed by atoms with Crippen LogP contribution in [-0.4, -0.2) is 94.9 Å². The molecule has 0 radical (unpaired) electrons. The van der Waals surface area contributed by atoms with Crippen molar-refractivity contribution in [3.63, 3.8) is 0 Å². The van der Waals surface area contributed by atoms with Gasteiger partial charge in [-0.25, -0.2) is 21.9 Å². The largest absolute Gasteiger partial charge is 0.492 e. The molecule has 2 aromatic rings. The number of nitrogens with zero attached hydrogens (tertiary/aromatic N) is 2. The second kappa shape index (κ2) is 12.3. The Morgan fingerprint density at radius 3 is 2.64 bits per heavy atom. The van der Waals surface area contributed by atoms with E-state index in [1.807, 2.05) is 18.9 Å². The average molecular weight is 568 g/mol. The fourth-order valence-electron chi connectivity index (χ4n) is 5.17. The lowest BCUT2D eigenvalue weighted by atomic mass is 9.78. The van der Waals surface area contributed by atoms with Crippen LogP contribution in [0.25, 0.3) is 11.1 Å². The van der Waals surface area contributed by atoms with Gasteiger partial charge in [0.05, 0.1) is 12.7 Å². The maximum Gasteiger partial charge on any atom is 0.248 e. The monoisotopic (exact) mass is 567 g/mol. The Morgan fingerprint density at radius 1 is 1.21 bits per heavy atom. The molecule has 39 heavy (non-hydrogen) atoms. The van der Waals surface area contributed by atoms with Crippen molar-refractivity contribution in [1.82, 2.24) is 14.5 Å². The lowest BCUT2D eigenvalue weighted by Gasteiger charge is -2.44. The first kappa shape index (κ1) is 29.3. The van der Waals surface area contributed by atoms with Gasteiger partial charge in [-0.2, -0.15) is 0 Å². The van der Waals surface area contributed by atoms with E-state index >= 15 is 0 Å². The molecule has 1 spiro atoms. The molecule has 4 rings (SSSR count). The summed E-state index contributed by atoms with van der Waals surface area (Å²) in [5, 5.41) is 10.5. The summed E-state index contributed by atoms with van der Waals surface area (Å²) in [7, 11) is -2.23. The highest BCUT2D eigenvalue weighted by Gasteiger charge is 2.39. The molecule has 2 aliphatic rings. The summed E-state index contributed by atoms with van der Waals surface area (Å²) >= 11 is 0. The molecular weight excluding hydrogens is 532 g/mol. The highest BCUT2D eigenvalue weighted by atomic mass is 32.2. The summed E-state index contributed by atoms with van der Waals surface area (Å²) in [4.78, 5) is 16.0. The molecule has 214 valence electrons. The van der Waals surface area contributed by atoms with Gasteiger partial charge in [-0.3, -0.25) is 4.79 Å². The molecule has 0 aromatic heterocycles. The van der Waals surface area contributed by atoms with Gasteiger partial charge in [0.15, 0.2) is 0 Å². The maximum atomic E-state index is 14.5. The van der Waals surface area contributed by atoms with Crippen LogP contribution in [0.5, 0.6) is 5.75 Å². The number of sulfonamides is 1. The van der Waals surface area contributed by atoms with E-state index in [1.54, 1.807) is 4.90 Å². The van der Waals surface area contributed by atoms with Crippen molar-refractivity contribution in [3.05, 3.63) is 48.0 Å². The number of hydrogen-bond acceptors (Lipinski definition) is 7. The number of benzene rings is 2. The number of ether oxygens (including phenoxy) is 2. The molecule has 1 atom stereocenters. The summed E-state index contributed by atoms with van der Waals surface area (Å²) in [6, 6.07) is 7.38. The van der Waals surface area contributed by atoms with Crippen molar-refractivity contribution in [2.75, 3.05) is 59.6 Å². The van der Waals surface area contributed by atoms with E-state index < -0.39 is 33.2 Å². The number of rotatable bonds is 4. The van der Waals surface area contributed by atoms with Crippen molar-refractivity contribution in [2.45, 2.75) is 30.8 Å². The number of likely N-dealkylation sites (N-methyl/N-ethyl adjacent to an activating group) is 1. The number of piperidine rings is 1. The molecule has 2 N–H and O–H groups in total. The van der Waals surface area contributed by atoms with E-state index in [-0.39, 0.29) is 48.4 Å². The van der Waals surface area contributed by atoms with Gasteiger partial charge in [-0.15, -0.1) is 0 Å². The summed E-state index contributed by atoms with van der Waals surface area (Å²) in [5.74, 6) is -1.57. The van der Waals surface area contributed by atoms with Crippen molar-refractivity contribution < 1.29 is 36.6 Å². The SMILES string of the molecule is CCOCC(=O)N1CCC2(CC1)COc1cc(-c3ccc(F)cc3F)ccc1S(=O)(=O)NCC(O)CN(C)C2. The molecule has 0 bridgehead atoms. The minimum absolute atomic E-state index is 0.0209. The number of aliphatic hydroxyl groups excluding tert-OH is 1. The number of carbonyl (C=O) groups is 1. The highest BCUT2D eigenvalue weighted by Crippen LogP contribution is 2.37. The van der Waals surface area contributed by atoms with Crippen LogP contribution in [0, 0.1) is 17.0 Å². The van der Waals surface area contributed by atoms with Gasteiger partial charge in [0.1, 0.15) is 28.9 Å². The van der Waals surface area contributed by atoms with Crippen LogP contribution in [0.1, 0.15) is 19.8 Å². The molecule has 0 saturated carbocycles. The van der Waals surface area contributed by atoms with Gasteiger partial charge in [0, 0.05) is 56.4 Å². The number of β-amino-alcohol motifs (C(OH)–C–C–N with tert-alkyl or cyclic N) is 1. The van der Waals surface area contributed by atoms with Crippen LogP contribution in [0.15, 0.2) is 41.3 Å². The number of likely N-dealkylation sites (tertiary alicyclic amines) is 1. The Morgan fingerprint density at radius 2 is 1.95 bits per heavy atom. The molecule has 0 aliphatic carbocycles. The fourth-order valence-corrected chi connectivity index (χ4v) is 6.37. The molecular formula is C27H35F2N3O6S. The van der Waals surface area contributed by atoms with Crippen molar-refractivity contribution >= 4 is 15.9 Å². The average Bonchev–Trinajstić information content (AvgIpc) is 2.89. The fraction of sp³-hybridized carbons (Fsp3) is 0.519. The Bertz CT molecular complexity index is 1280. The maximum absolute atomic E-state index is 14.5. The highest BCUT2D eigenvalue weighted by molar-refractivity contribution is 7.89. The summed E-state index contributed by atoms with van der Waals surface area (Å²) < 4.78 is 68.3. The smallest absolute Gasteiger partial charge is 0.248 e. The van der Waals surface area contributed by atoms with Crippen molar-refractivity contribution in [1.29, 1.82) is 0 Å². The normalized spacial score (nSPS) is 21.9. The van der Waals surface area contributed by atoms with Crippen LogP contribution in [0.2, 0.25) is 0 Å². The standard InChI is InChI=1S/C27H35F2N3O6S/c1-3-37-16-26(34)32-10-8-27(9-11-32)17-31(2)15-21(33)14-30-39(35,36)25-7-4-19(12-24(25)38-18-27)22-6-5-20(28)13-23(22)29/h4-7,12-13,21,30,33H,3,8-11,14-18H2,1-2H3. The van der Waals surface area contributed by atoms with Gasteiger partial charge >= 0.3 is 0 Å². The number of halogens is 2. The van der Waals surface area contributed by atoms with Crippen LogP contribution in [0.4, 0.5) is 8.78 Å². The van der Waals surface area contributed by atoms with Gasteiger partial charge in [-0.1, -0.05) is 6.07 Å². The third-order valence-electron chi connectivity index (χ3n) is 7.25. The van der Waals surface area contributed by atoms with Crippen LogP contribution in [-0.2, 0) is 19.6 Å². The summed E-state index contributed by atoms with van der Waals surface area (Å²) in [5.41, 5.74) is -0.0110. The third-order valence-corrected chi connectivity index (χ3v) is 8.72. The van der Waals surface area contributed by atoms with Crippen LogP contribution < -0.4 is 9.46 Å². The topological polar surface area (TPSA) is 108 Å². The number of fused-ring (bicyclic) bond motifs is 1. The first-order chi connectivity index (χ1) is 18.5. The van der Waals surface area contributed by atoms with Crippen molar-refractivity contribution in [2.24, 2.45) is 5.41 Å². The van der Waals surface area contributed by atoms with E-state index in [1.165, 1.54) is 24.3 Å². The Balaban J connectivity index is 1.67. The van der Waals surface area contributed by atoms with Crippen LogP contribution in [0.3, 0.4) is 0 Å². The molecule has 1 fully saturated rings. The Labute approximate surface area is 227 Å². The first-order valence-corrected chi connectivity index (χ1v) is 14.4. The van der Waals surface area contributed by atoms with E-state index in [0.29, 0.717) is 44.6 Å². The Kier molecular flexibility index (Phi) is 9.22. The first-order valence-electron chi connectivity index (χ1n) is 13.0. The second-order valence-electron chi connectivity index (χ2n) is 10.3. The summed E-state index contributed by atoms with van der Waals surface area (Å²) in [6.45, 7) is 4.00. The van der Waals surface area contributed by atoms with Gasteiger partial charge in [0.25, 0.3) is 0 Å². The Hall–Kier alpha value is -2.64. The lowest BCUT2D eigenvalue weighted by molar-refractivity contribution is -0.139. The van der Waals surface area contributed by atoms with E-state index in [0.717, 1.165) is 12.1 Å². The van der Waals surface area contributed by atoms with Gasteiger partial charge < -0.3 is 24.4 Å². The molecule has 9 nitrogen and oxygen atoms in total. The zero-order chi connectivity index (χ0) is 28.2. The lowest BCUT2D eigenvalue weighted by Crippen LogP contribution is -2.52. The number of aliphatic hydroxyl groups is 1. The number of hydrogen-bond donors (Lipinski definition) is 2. The molecule has 2 aromatic carbocycles. The van der Waals surface area contributed by atoms with E-state index in [9.17, 15) is 27.1 Å². The van der Waals surface area contributed by atoms with E-state index in [4.69, 9.17) is 9.47 Å². The molecule has 1 unspecified atom stereocenters.